The molecule has 0 heterocycles. The van der Waals surface area contributed by atoms with Gasteiger partial charge in [-0.1, -0.05) is 50.1 Å². The molecule has 1 aliphatic carbocycles. The lowest BCUT2D eigenvalue weighted by molar-refractivity contribution is -0.150. The molecule has 0 aliphatic heterocycles. The normalized spacial score (nSPS) is 22.5. The van der Waals surface area contributed by atoms with Crippen molar-refractivity contribution in [2.45, 2.75) is 51.7 Å². The molecule has 0 aromatic heterocycles. The minimum absolute atomic E-state index is 0.192. The topological polar surface area (TPSA) is 55.4 Å². The molecule has 0 spiro atoms. The van der Waals surface area contributed by atoms with Crippen molar-refractivity contribution < 1.29 is 14.3 Å². The summed E-state index contributed by atoms with van der Waals surface area (Å²) in [4.78, 5) is 24.0. The highest BCUT2D eigenvalue weighted by Gasteiger charge is 2.25. The smallest absolute Gasteiger partial charge is 0.331 e. The van der Waals surface area contributed by atoms with Gasteiger partial charge in [-0.25, -0.2) is 4.79 Å². The van der Waals surface area contributed by atoms with Gasteiger partial charge in [0.1, 0.15) is 0 Å². The van der Waals surface area contributed by atoms with Crippen LogP contribution in [0, 0.1) is 5.92 Å². The van der Waals surface area contributed by atoms with Gasteiger partial charge in [-0.15, -0.1) is 0 Å². The summed E-state index contributed by atoms with van der Waals surface area (Å²) in [7, 11) is 0. The third kappa shape index (κ3) is 5.55. The molecule has 1 aromatic carbocycles. The van der Waals surface area contributed by atoms with Gasteiger partial charge in [-0.05, 0) is 37.3 Å². The van der Waals surface area contributed by atoms with Crippen molar-refractivity contribution in [3.8, 4) is 0 Å². The van der Waals surface area contributed by atoms with E-state index in [1.807, 2.05) is 30.3 Å². The standard InChI is InChI=1S/C19H25NO3/c1-14-8-6-7-11-17(14)20-19(22)15(2)23-18(21)13-12-16-9-4-3-5-10-16/h3-5,9-10,12-15,17H,6-8,11H2,1-2H3,(H,20,22)/b13-12+/t14-,15-,17-/m0/s1. The molecule has 1 aromatic rings. The van der Waals surface area contributed by atoms with Crippen LogP contribution in [0.1, 0.15) is 45.1 Å². The zero-order valence-electron chi connectivity index (χ0n) is 13.8. The molecule has 1 saturated carbocycles. The highest BCUT2D eigenvalue weighted by atomic mass is 16.5. The number of benzene rings is 1. The van der Waals surface area contributed by atoms with E-state index in [4.69, 9.17) is 4.74 Å². The molecule has 124 valence electrons. The summed E-state index contributed by atoms with van der Waals surface area (Å²) in [6.45, 7) is 3.76. The van der Waals surface area contributed by atoms with Gasteiger partial charge in [0.2, 0.25) is 0 Å². The average molecular weight is 315 g/mol. The highest BCUT2D eigenvalue weighted by molar-refractivity contribution is 5.90. The second kappa shape index (κ2) is 8.51. The maximum Gasteiger partial charge on any atom is 0.331 e. The van der Waals surface area contributed by atoms with E-state index in [9.17, 15) is 9.59 Å². The van der Waals surface area contributed by atoms with Crippen LogP contribution in [0.15, 0.2) is 36.4 Å². The van der Waals surface area contributed by atoms with Gasteiger partial charge in [0.25, 0.3) is 5.91 Å². The van der Waals surface area contributed by atoms with E-state index in [-0.39, 0.29) is 11.9 Å². The Labute approximate surface area is 137 Å². The lowest BCUT2D eigenvalue weighted by Gasteiger charge is -2.30. The fraction of sp³-hybridized carbons (Fsp3) is 0.474. The van der Waals surface area contributed by atoms with Crippen LogP contribution >= 0.6 is 0 Å². The second-order valence-corrected chi connectivity index (χ2v) is 6.20. The first-order valence-electron chi connectivity index (χ1n) is 8.30. The van der Waals surface area contributed by atoms with Crippen LogP contribution in [0.5, 0.6) is 0 Å². The molecule has 3 atom stereocenters. The molecule has 0 unspecified atom stereocenters. The Balaban J connectivity index is 1.80. The van der Waals surface area contributed by atoms with E-state index in [1.54, 1.807) is 13.0 Å². The molecule has 1 aliphatic rings. The summed E-state index contributed by atoms with van der Waals surface area (Å²) in [6.07, 6.45) is 6.75. The zero-order valence-corrected chi connectivity index (χ0v) is 13.8. The Bertz CT molecular complexity index is 553. The molecule has 0 bridgehead atoms. The van der Waals surface area contributed by atoms with Crippen molar-refractivity contribution in [1.29, 1.82) is 0 Å². The van der Waals surface area contributed by atoms with Crippen LogP contribution < -0.4 is 5.32 Å². The lowest BCUT2D eigenvalue weighted by atomic mass is 9.86. The first kappa shape index (κ1) is 17.3. The number of nitrogens with one attached hydrogen (secondary N) is 1. The Hall–Kier alpha value is -2.10. The van der Waals surface area contributed by atoms with Crippen molar-refractivity contribution in [3.05, 3.63) is 42.0 Å². The number of carbonyl (C=O) groups excluding carboxylic acids is 2. The lowest BCUT2D eigenvalue weighted by Crippen LogP contribution is -2.45. The quantitative estimate of drug-likeness (QED) is 0.670. The molecule has 1 N–H and O–H groups in total. The van der Waals surface area contributed by atoms with Gasteiger partial charge in [-0.2, -0.15) is 0 Å². The second-order valence-electron chi connectivity index (χ2n) is 6.20. The molecule has 4 heteroatoms. The molecular weight excluding hydrogens is 290 g/mol. The van der Waals surface area contributed by atoms with Crippen LogP contribution in [-0.4, -0.2) is 24.0 Å². The van der Waals surface area contributed by atoms with Gasteiger partial charge in [0, 0.05) is 12.1 Å². The van der Waals surface area contributed by atoms with Crippen LogP contribution in [0.4, 0.5) is 0 Å². The van der Waals surface area contributed by atoms with Crippen molar-refractivity contribution in [3.63, 3.8) is 0 Å². The van der Waals surface area contributed by atoms with E-state index >= 15 is 0 Å². The number of hydrogen-bond donors (Lipinski definition) is 1. The summed E-state index contributed by atoms with van der Waals surface area (Å²) in [5.74, 6) is -0.244. The Morgan fingerprint density at radius 2 is 1.91 bits per heavy atom. The fourth-order valence-corrected chi connectivity index (χ4v) is 2.83. The summed E-state index contributed by atoms with van der Waals surface area (Å²) >= 11 is 0. The minimum Gasteiger partial charge on any atom is -0.449 e. The van der Waals surface area contributed by atoms with E-state index in [0.29, 0.717) is 5.92 Å². The number of rotatable bonds is 5. The number of amides is 1. The van der Waals surface area contributed by atoms with Gasteiger partial charge < -0.3 is 10.1 Å². The fourth-order valence-electron chi connectivity index (χ4n) is 2.83. The predicted octanol–water partition coefficient (Wildman–Crippen LogP) is 3.33. The van der Waals surface area contributed by atoms with Gasteiger partial charge >= 0.3 is 5.97 Å². The van der Waals surface area contributed by atoms with E-state index in [0.717, 1.165) is 24.8 Å². The largest absolute Gasteiger partial charge is 0.449 e. The number of hydrogen-bond acceptors (Lipinski definition) is 3. The molecule has 4 nitrogen and oxygen atoms in total. The Kier molecular flexibility index (Phi) is 6.39. The van der Waals surface area contributed by atoms with Crippen LogP contribution in [0.3, 0.4) is 0 Å². The van der Waals surface area contributed by atoms with E-state index < -0.39 is 12.1 Å². The van der Waals surface area contributed by atoms with E-state index in [2.05, 4.69) is 12.2 Å². The molecule has 1 fully saturated rings. The molecule has 0 radical (unpaired) electrons. The van der Waals surface area contributed by atoms with Gasteiger partial charge in [0.15, 0.2) is 6.10 Å². The monoisotopic (exact) mass is 315 g/mol. The van der Waals surface area contributed by atoms with Crippen LogP contribution in [0.2, 0.25) is 0 Å². The first-order valence-corrected chi connectivity index (χ1v) is 8.30. The van der Waals surface area contributed by atoms with Crippen LogP contribution in [-0.2, 0) is 14.3 Å². The maximum absolute atomic E-state index is 12.2. The molecule has 0 saturated heterocycles. The number of esters is 1. The van der Waals surface area contributed by atoms with Crippen molar-refractivity contribution in [2.75, 3.05) is 0 Å². The molecular formula is C19H25NO3. The van der Waals surface area contributed by atoms with Crippen molar-refractivity contribution >= 4 is 18.0 Å². The summed E-state index contributed by atoms with van der Waals surface area (Å²) in [6, 6.07) is 9.68. The Morgan fingerprint density at radius 1 is 1.22 bits per heavy atom. The van der Waals surface area contributed by atoms with Crippen molar-refractivity contribution in [1.82, 2.24) is 5.32 Å². The van der Waals surface area contributed by atoms with E-state index in [1.165, 1.54) is 12.5 Å². The summed E-state index contributed by atoms with van der Waals surface area (Å²) < 4.78 is 5.17. The van der Waals surface area contributed by atoms with Gasteiger partial charge in [0.05, 0.1) is 0 Å². The zero-order chi connectivity index (χ0) is 16.7. The minimum atomic E-state index is -0.781. The molecule has 2 rings (SSSR count). The highest BCUT2D eigenvalue weighted by Crippen LogP contribution is 2.23. The third-order valence-electron chi connectivity index (χ3n) is 4.31. The number of ether oxygens (including phenoxy) is 1. The summed E-state index contributed by atoms with van der Waals surface area (Å²) in [5, 5.41) is 3.01. The summed E-state index contributed by atoms with van der Waals surface area (Å²) in [5.41, 5.74) is 0.914. The van der Waals surface area contributed by atoms with Crippen LogP contribution in [0.25, 0.3) is 6.08 Å². The molecule has 23 heavy (non-hydrogen) atoms. The first-order chi connectivity index (χ1) is 11.1. The van der Waals surface area contributed by atoms with Gasteiger partial charge in [-0.3, -0.25) is 4.79 Å². The van der Waals surface area contributed by atoms with Crippen molar-refractivity contribution in [2.24, 2.45) is 5.92 Å². The Morgan fingerprint density at radius 3 is 2.61 bits per heavy atom. The number of carbonyl (C=O) groups is 2. The third-order valence-corrected chi connectivity index (χ3v) is 4.31. The SMILES string of the molecule is C[C@H](OC(=O)/C=C/c1ccccc1)C(=O)N[C@H]1CCCC[C@@H]1C. The predicted molar refractivity (Wildman–Crippen MR) is 90.6 cm³/mol. The molecule has 1 amide bonds. The average Bonchev–Trinajstić information content (AvgIpc) is 2.56. The maximum atomic E-state index is 12.2.